The largest absolute Gasteiger partial charge is 0.508 e. The number of unbranched alkanes of at least 4 members (excludes halogenated alkanes) is 1. The highest BCUT2D eigenvalue weighted by Crippen LogP contribution is 2.27. The Morgan fingerprint density at radius 2 is 1.77 bits per heavy atom. The number of nitrogens with two attached hydrogens (primary N) is 1. The molecule has 1 saturated heterocycles. The second kappa shape index (κ2) is 20.1. The molecular formula is C40H49N6O6+. The Morgan fingerprint density at radius 1 is 1.00 bits per heavy atom. The van der Waals surface area contributed by atoms with Gasteiger partial charge in [-0.2, -0.15) is 0 Å². The normalized spacial score (nSPS) is 15.9. The molecule has 12 nitrogen and oxygen atoms in total. The summed E-state index contributed by atoms with van der Waals surface area (Å²) in [6, 6.07) is 19.9. The van der Waals surface area contributed by atoms with Gasteiger partial charge in [-0.05, 0) is 47.4 Å². The quantitative estimate of drug-likeness (QED) is 0.0667. The number of quaternary nitrogens is 1. The van der Waals surface area contributed by atoms with Gasteiger partial charge in [-0.15, -0.1) is 0 Å². The third kappa shape index (κ3) is 11.6. The van der Waals surface area contributed by atoms with E-state index >= 15 is 0 Å². The summed E-state index contributed by atoms with van der Waals surface area (Å²) < 4.78 is 0. The fourth-order valence-electron chi connectivity index (χ4n) is 5.96. The summed E-state index contributed by atoms with van der Waals surface area (Å²) in [4.78, 5) is 56.4. The van der Waals surface area contributed by atoms with Crippen LogP contribution in [0.5, 0.6) is 5.75 Å². The molecule has 0 aromatic heterocycles. The van der Waals surface area contributed by atoms with E-state index in [4.69, 9.17) is 0 Å². The van der Waals surface area contributed by atoms with Gasteiger partial charge in [0.05, 0.1) is 13.1 Å². The van der Waals surface area contributed by atoms with Crippen LogP contribution in [0.15, 0.2) is 104 Å². The number of piperazine rings is 1. The first-order valence-corrected chi connectivity index (χ1v) is 17.5. The number of nitrogens with zero attached hydrogens (tertiary/aromatic N) is 2. The molecule has 3 aromatic rings. The van der Waals surface area contributed by atoms with E-state index in [1.54, 1.807) is 40.6 Å². The number of anilines is 1. The van der Waals surface area contributed by atoms with Crippen LogP contribution >= 0.6 is 0 Å². The Balaban J connectivity index is 1.71. The maximum atomic E-state index is 14.5. The number of phenolic OH excluding ortho intramolecular Hbond substituents is 1. The summed E-state index contributed by atoms with van der Waals surface area (Å²) in [6.45, 7) is 6.44. The van der Waals surface area contributed by atoms with E-state index in [1.807, 2.05) is 60.7 Å². The van der Waals surface area contributed by atoms with Gasteiger partial charge in [-0.3, -0.25) is 14.4 Å². The summed E-state index contributed by atoms with van der Waals surface area (Å²) in [5, 5.41) is 29.9. The molecular weight excluding hydrogens is 660 g/mol. The lowest BCUT2D eigenvalue weighted by atomic mass is 9.98. The standard InChI is InChI=1S/C40H48N6O6/c1-3-5-6-7-11-16-33-31(15-12-17-34(33)42-26-38(49)50)27-45-28-36(44-40(52)43-24-30-13-9-8-10-14-30)46(37(48)25-41-22-4-2)35(39(45)51)23-29-18-20-32(47)21-19-29/h4,6-21,35-36,41-42,47H,2-3,5,22-28H2,1H3,(H,49,50)(H2,43,44,52)/p+1/b7-6+,16-11+/t35-,36+/m0/s1. The van der Waals surface area contributed by atoms with Crippen LogP contribution in [0.3, 0.4) is 0 Å². The lowest BCUT2D eigenvalue weighted by Gasteiger charge is -2.46. The van der Waals surface area contributed by atoms with Gasteiger partial charge in [0, 0.05) is 30.8 Å². The van der Waals surface area contributed by atoms with Crippen LogP contribution in [0.25, 0.3) is 6.08 Å². The number of carboxylic acid groups (broad SMARTS) is 1. The van der Waals surface area contributed by atoms with Crippen LogP contribution in [-0.2, 0) is 33.9 Å². The van der Waals surface area contributed by atoms with Crippen molar-refractivity contribution in [2.45, 2.75) is 51.5 Å². The monoisotopic (exact) mass is 709 g/mol. The van der Waals surface area contributed by atoms with Gasteiger partial charge in [0.25, 0.3) is 5.91 Å². The van der Waals surface area contributed by atoms with Gasteiger partial charge < -0.3 is 41.3 Å². The molecule has 0 bridgehead atoms. The van der Waals surface area contributed by atoms with Crippen molar-refractivity contribution in [1.82, 2.24) is 20.4 Å². The minimum Gasteiger partial charge on any atom is -0.508 e. The van der Waals surface area contributed by atoms with Crippen molar-refractivity contribution in [2.24, 2.45) is 0 Å². The minimum absolute atomic E-state index is 0.00318. The fraction of sp³-hybridized carbons (Fsp3) is 0.300. The molecule has 1 heterocycles. The number of carboxylic acids is 1. The molecule has 4 amide bonds. The number of benzene rings is 3. The van der Waals surface area contributed by atoms with Crippen LogP contribution in [0.4, 0.5) is 10.5 Å². The number of nitrogens with one attached hydrogen (secondary N) is 3. The van der Waals surface area contributed by atoms with Gasteiger partial charge >= 0.3 is 12.0 Å². The Bertz CT molecular complexity index is 1730. The second-order valence-electron chi connectivity index (χ2n) is 12.5. The number of carbonyl (C=O) groups is 4. The van der Waals surface area contributed by atoms with Gasteiger partial charge in [0.2, 0.25) is 5.91 Å². The number of aromatic hydroxyl groups is 1. The number of urea groups is 1. The average Bonchev–Trinajstić information content (AvgIpc) is 3.13. The van der Waals surface area contributed by atoms with Crippen LogP contribution in [0.2, 0.25) is 0 Å². The van der Waals surface area contributed by atoms with E-state index in [1.165, 1.54) is 17.0 Å². The molecule has 0 unspecified atom stereocenters. The molecule has 3 aromatic carbocycles. The van der Waals surface area contributed by atoms with Crippen molar-refractivity contribution in [3.8, 4) is 5.75 Å². The lowest BCUT2D eigenvalue weighted by molar-refractivity contribution is -0.635. The number of rotatable bonds is 18. The Kier molecular flexibility index (Phi) is 15.0. The van der Waals surface area contributed by atoms with E-state index in [-0.39, 0.29) is 56.7 Å². The molecule has 274 valence electrons. The highest BCUT2D eigenvalue weighted by atomic mass is 16.4. The molecule has 0 aliphatic carbocycles. The SMILES string of the molecule is C=CC[NH2+]CC(=O)N1[C@@H](NC(=O)NCc2ccccc2)CN(Cc2cccc(NCC(=O)O)c2/C=C/C=C/CCC)C(=O)[C@@H]1Cc1ccc(O)cc1. The third-order valence-corrected chi connectivity index (χ3v) is 8.51. The second-order valence-corrected chi connectivity index (χ2v) is 12.5. The van der Waals surface area contributed by atoms with Gasteiger partial charge in [-0.25, -0.2) is 4.79 Å². The molecule has 12 heteroatoms. The summed E-state index contributed by atoms with van der Waals surface area (Å²) in [5.41, 5.74) is 3.68. The van der Waals surface area contributed by atoms with Gasteiger partial charge in [0.15, 0.2) is 6.54 Å². The predicted octanol–water partition coefficient (Wildman–Crippen LogP) is 3.62. The summed E-state index contributed by atoms with van der Waals surface area (Å²) in [5.74, 6) is -1.58. The molecule has 0 radical (unpaired) electrons. The highest BCUT2D eigenvalue weighted by Gasteiger charge is 2.44. The van der Waals surface area contributed by atoms with E-state index in [0.29, 0.717) is 12.2 Å². The molecule has 4 rings (SSSR count). The topological polar surface area (TPSA) is 168 Å². The first-order chi connectivity index (χ1) is 25.2. The maximum Gasteiger partial charge on any atom is 0.322 e. The van der Waals surface area contributed by atoms with E-state index < -0.39 is 24.2 Å². The molecule has 1 aliphatic rings. The Labute approximate surface area is 304 Å². The molecule has 52 heavy (non-hydrogen) atoms. The Hall–Kier alpha value is -5.88. The van der Waals surface area contributed by atoms with Crippen LogP contribution in [0, 0.1) is 0 Å². The lowest BCUT2D eigenvalue weighted by Crippen LogP contribution is -2.87. The van der Waals surface area contributed by atoms with E-state index in [0.717, 1.165) is 35.1 Å². The van der Waals surface area contributed by atoms with Gasteiger partial charge in [-0.1, -0.05) is 98.8 Å². The first kappa shape index (κ1) is 38.9. The molecule has 7 N–H and O–H groups in total. The van der Waals surface area contributed by atoms with E-state index in [9.17, 15) is 29.4 Å². The minimum atomic E-state index is -1.01. The van der Waals surface area contributed by atoms with Crippen molar-refractivity contribution in [3.63, 3.8) is 0 Å². The van der Waals surface area contributed by atoms with Crippen LogP contribution < -0.4 is 21.3 Å². The first-order valence-electron chi connectivity index (χ1n) is 17.5. The predicted molar refractivity (Wildman–Crippen MR) is 201 cm³/mol. The number of carbonyl (C=O) groups excluding carboxylic acids is 3. The number of phenols is 1. The third-order valence-electron chi connectivity index (χ3n) is 8.51. The Morgan fingerprint density at radius 3 is 2.48 bits per heavy atom. The number of aliphatic carboxylic acids is 1. The number of hydrogen-bond donors (Lipinski definition) is 6. The van der Waals surface area contributed by atoms with Crippen molar-refractivity contribution < 1.29 is 34.7 Å². The summed E-state index contributed by atoms with van der Waals surface area (Å²) >= 11 is 0. The zero-order valence-electron chi connectivity index (χ0n) is 29.5. The van der Waals surface area contributed by atoms with Gasteiger partial charge in [0.1, 0.15) is 24.5 Å². The highest BCUT2D eigenvalue weighted by molar-refractivity contribution is 5.90. The van der Waals surface area contributed by atoms with Crippen LogP contribution in [-0.4, -0.2) is 82.2 Å². The molecule has 2 atom stereocenters. The molecule has 0 saturated carbocycles. The van der Waals surface area contributed by atoms with Crippen molar-refractivity contribution in [1.29, 1.82) is 0 Å². The number of allylic oxidation sites excluding steroid dienone is 3. The van der Waals surface area contributed by atoms with Crippen molar-refractivity contribution >= 4 is 35.6 Å². The van der Waals surface area contributed by atoms with Crippen molar-refractivity contribution in [2.75, 3.05) is 31.5 Å². The number of hydrogen-bond acceptors (Lipinski definition) is 6. The smallest absolute Gasteiger partial charge is 0.322 e. The van der Waals surface area contributed by atoms with Crippen LogP contribution in [0.1, 0.15) is 42.0 Å². The molecule has 1 aliphatic heterocycles. The zero-order chi connectivity index (χ0) is 37.3. The van der Waals surface area contributed by atoms with E-state index in [2.05, 4.69) is 29.5 Å². The molecule has 0 spiro atoms. The summed E-state index contributed by atoms with van der Waals surface area (Å²) in [7, 11) is 0. The van der Waals surface area contributed by atoms with Crippen molar-refractivity contribution in [3.05, 3.63) is 126 Å². The molecule has 1 fully saturated rings. The fourth-order valence-corrected chi connectivity index (χ4v) is 5.96. The summed E-state index contributed by atoms with van der Waals surface area (Å²) in [6.07, 6.45) is 10.6. The number of amides is 4. The zero-order valence-corrected chi connectivity index (χ0v) is 29.5. The average molecular weight is 710 g/mol. The maximum absolute atomic E-state index is 14.5.